The van der Waals surface area contributed by atoms with Gasteiger partial charge in [0.15, 0.2) is 5.78 Å². The summed E-state index contributed by atoms with van der Waals surface area (Å²) in [6, 6.07) is -0.733. The van der Waals surface area contributed by atoms with E-state index in [2.05, 4.69) is 59.1 Å². The largest absolute Gasteiger partial charge is 0.481 e. The Balaban J connectivity index is 0.00000620. The van der Waals surface area contributed by atoms with E-state index in [1.165, 1.54) is 0 Å². The quantitative estimate of drug-likeness (QED) is 0.171. The normalized spacial score (nSPS) is 39.7. The van der Waals surface area contributed by atoms with E-state index in [9.17, 15) is 29.1 Å². The molecule has 322 valence electrons. The van der Waals surface area contributed by atoms with E-state index in [0.29, 0.717) is 24.7 Å². The van der Waals surface area contributed by atoms with Crippen LogP contribution in [-0.2, 0) is 28.7 Å². The molecule has 6 rings (SSSR count). The number of amides is 2. The average molecular weight is 817 g/mol. The molecular formula is C46H74ClN3O7. The van der Waals surface area contributed by atoms with E-state index in [4.69, 9.17) is 10.5 Å². The molecule has 0 spiro atoms. The number of nitrogens with two attached hydrogens (primary N) is 1. The topological polar surface area (TPSA) is 165 Å². The Hall–Kier alpha value is -2.46. The lowest BCUT2D eigenvalue weighted by Crippen LogP contribution is -2.68. The molecule has 10 nitrogen and oxygen atoms in total. The van der Waals surface area contributed by atoms with Crippen molar-refractivity contribution in [2.75, 3.05) is 0 Å². The van der Waals surface area contributed by atoms with Gasteiger partial charge in [-0.3, -0.25) is 24.0 Å². The highest BCUT2D eigenvalue weighted by molar-refractivity contribution is 6.03. The molecule has 0 radical (unpaired) electrons. The molecule has 57 heavy (non-hydrogen) atoms. The number of rotatable bonds is 9. The summed E-state index contributed by atoms with van der Waals surface area (Å²) in [5.74, 6) is -1.68. The second-order valence-electron chi connectivity index (χ2n) is 22.4. The number of esters is 1. The van der Waals surface area contributed by atoms with Gasteiger partial charge >= 0.3 is 11.9 Å². The molecule has 6 aliphatic rings. The summed E-state index contributed by atoms with van der Waals surface area (Å²) in [6.07, 6.45) is 7.71. The van der Waals surface area contributed by atoms with Crippen LogP contribution in [0.15, 0.2) is 11.1 Å². The summed E-state index contributed by atoms with van der Waals surface area (Å²) in [6.45, 7) is 27.2. The van der Waals surface area contributed by atoms with Crippen LogP contribution in [0.4, 0.5) is 0 Å². The van der Waals surface area contributed by atoms with Crippen molar-refractivity contribution >= 4 is 41.9 Å². The second kappa shape index (κ2) is 14.6. The fraction of sp³-hybridized carbons (Fsp3) is 0.848. The zero-order valence-corrected chi connectivity index (χ0v) is 38.0. The Morgan fingerprint density at radius 2 is 1.46 bits per heavy atom. The van der Waals surface area contributed by atoms with Crippen LogP contribution in [0.5, 0.6) is 0 Å². The number of nitrogens with one attached hydrogen (secondary N) is 2. The Kier molecular flexibility index (Phi) is 11.7. The summed E-state index contributed by atoms with van der Waals surface area (Å²) in [5.41, 5.74) is 5.22. The number of hydrogen-bond acceptors (Lipinski definition) is 7. The van der Waals surface area contributed by atoms with E-state index in [1.54, 1.807) is 13.8 Å². The molecule has 5 saturated carbocycles. The van der Waals surface area contributed by atoms with Crippen LogP contribution in [0.2, 0.25) is 0 Å². The van der Waals surface area contributed by atoms with Gasteiger partial charge in [0.2, 0.25) is 11.8 Å². The van der Waals surface area contributed by atoms with Crippen LogP contribution in [0, 0.1) is 68.5 Å². The van der Waals surface area contributed by atoms with Crippen LogP contribution in [0.25, 0.3) is 0 Å². The highest BCUT2D eigenvalue weighted by Gasteiger charge is 2.71. The van der Waals surface area contributed by atoms with Gasteiger partial charge in [-0.1, -0.05) is 76.2 Å². The lowest BCUT2D eigenvalue weighted by atomic mass is 9.33. The number of carboxylic acids is 1. The van der Waals surface area contributed by atoms with Crippen molar-refractivity contribution in [1.82, 2.24) is 10.6 Å². The zero-order chi connectivity index (χ0) is 41.9. The van der Waals surface area contributed by atoms with Crippen LogP contribution in [0.3, 0.4) is 0 Å². The number of carbonyl (C=O) groups is 5. The van der Waals surface area contributed by atoms with Crippen molar-refractivity contribution in [3.8, 4) is 0 Å². The minimum absolute atomic E-state index is 0. The number of halogens is 1. The summed E-state index contributed by atoms with van der Waals surface area (Å²) >= 11 is 0. The average Bonchev–Trinajstić information content (AvgIpc) is 3.36. The molecule has 0 aromatic heterocycles. The van der Waals surface area contributed by atoms with E-state index in [1.807, 2.05) is 27.7 Å². The molecule has 6 aliphatic carbocycles. The third-order valence-electron chi connectivity index (χ3n) is 17.9. The molecule has 5 N–H and O–H groups in total. The first kappa shape index (κ1) is 45.6. The Morgan fingerprint density at radius 1 is 0.825 bits per heavy atom. The van der Waals surface area contributed by atoms with Gasteiger partial charge in [-0.15, -0.1) is 12.4 Å². The summed E-state index contributed by atoms with van der Waals surface area (Å²) in [7, 11) is 0. The molecule has 5 fully saturated rings. The zero-order valence-electron chi connectivity index (χ0n) is 37.1. The number of Topliss-reactive ketones (excluding diaryl/α,β-unsaturated/α-hetero) is 1. The molecule has 0 aromatic rings. The van der Waals surface area contributed by atoms with Gasteiger partial charge in [0.05, 0.1) is 23.4 Å². The van der Waals surface area contributed by atoms with Crippen molar-refractivity contribution in [3.63, 3.8) is 0 Å². The smallest absolute Gasteiger partial charge is 0.309 e. The predicted octanol–water partition coefficient (Wildman–Crippen LogP) is 7.79. The number of carboxylic acid groups (broad SMARTS) is 1. The number of ether oxygens (including phenoxy) is 1. The van der Waals surface area contributed by atoms with Gasteiger partial charge in [0, 0.05) is 11.8 Å². The van der Waals surface area contributed by atoms with Crippen molar-refractivity contribution in [3.05, 3.63) is 11.1 Å². The maximum Gasteiger partial charge on any atom is 0.309 e. The number of allylic oxidation sites excluding steroid dienone is 1. The van der Waals surface area contributed by atoms with Crippen LogP contribution >= 0.6 is 12.4 Å². The van der Waals surface area contributed by atoms with Crippen LogP contribution < -0.4 is 16.4 Å². The lowest BCUT2D eigenvalue weighted by Gasteiger charge is -2.72. The molecule has 0 heterocycles. The van der Waals surface area contributed by atoms with Gasteiger partial charge < -0.3 is 26.2 Å². The predicted molar refractivity (Wildman–Crippen MR) is 223 cm³/mol. The third-order valence-corrected chi connectivity index (χ3v) is 17.9. The van der Waals surface area contributed by atoms with Gasteiger partial charge in [0.1, 0.15) is 11.6 Å². The first-order chi connectivity index (χ1) is 25.6. The molecular weight excluding hydrogens is 742 g/mol. The molecule has 0 aliphatic heterocycles. The Labute approximate surface area is 348 Å². The standard InChI is InChI=1S/C46H73N3O7.ClH/c1-24(2)33-29(50)23-46(49-39(55)42(9,10)48-36(51)35(47)25(3)4)21-20-44(12)26(34(33)46)14-15-31-43(11)18-17-32(41(7,8)30(43)16-19-45(31,44)13)56-38(54)28-22-27(37(52)53)40(28,5)6;/h24-28,30-32,35H,14-23,47H2,1-13H3,(H,48,51)(H,49,55)(H,52,53);1H/t26-,27+,28-,30+,31-,32+,35+,43+,44-,45-,46-;/m1./s1. The number of fused-ring (bicyclic) bond motifs is 7. The van der Waals surface area contributed by atoms with Gasteiger partial charge in [-0.2, -0.15) is 0 Å². The number of hydrogen-bond donors (Lipinski definition) is 4. The van der Waals surface area contributed by atoms with Crippen LogP contribution in [0.1, 0.15) is 154 Å². The van der Waals surface area contributed by atoms with Crippen LogP contribution in [-0.4, -0.2) is 57.9 Å². The molecule has 0 bridgehead atoms. The van der Waals surface area contributed by atoms with Gasteiger partial charge in [-0.25, -0.2) is 0 Å². The fourth-order valence-electron chi connectivity index (χ4n) is 14.0. The minimum Gasteiger partial charge on any atom is -0.481 e. The Morgan fingerprint density at radius 3 is 2.02 bits per heavy atom. The summed E-state index contributed by atoms with van der Waals surface area (Å²) < 4.78 is 6.40. The van der Waals surface area contributed by atoms with Crippen molar-refractivity contribution < 1.29 is 33.8 Å². The molecule has 11 heteroatoms. The highest BCUT2D eigenvalue weighted by Crippen LogP contribution is 2.76. The number of ketones is 1. The van der Waals surface area contributed by atoms with E-state index >= 15 is 0 Å². The summed E-state index contributed by atoms with van der Waals surface area (Å²) in [5, 5.41) is 16.0. The second-order valence-corrected chi connectivity index (χ2v) is 22.4. The van der Waals surface area contributed by atoms with Crippen molar-refractivity contribution in [2.45, 2.75) is 177 Å². The Bertz CT molecular complexity index is 1720. The SMILES string of the molecule is CC(C)C1=C2[C@H]3CC[C@@H]4[C@@]5(C)CC[C@H](OC(=O)[C@H]6C[C@@H](C(=O)O)C6(C)C)C(C)(C)[C@@H]5CC[C@@]4(C)[C@]3(C)CC[C@@]2(NC(=O)C(C)(C)NC(=O)[C@@H](N)C(C)C)CC1=O.Cl. The molecule has 2 amide bonds. The van der Waals surface area contributed by atoms with Crippen molar-refractivity contribution in [1.29, 1.82) is 0 Å². The maximum atomic E-state index is 14.2. The first-order valence-electron chi connectivity index (χ1n) is 21.7. The first-order valence-corrected chi connectivity index (χ1v) is 21.7. The number of carbonyl (C=O) groups excluding carboxylic acids is 4. The third kappa shape index (κ3) is 6.71. The highest BCUT2D eigenvalue weighted by atomic mass is 35.5. The fourth-order valence-corrected chi connectivity index (χ4v) is 14.0. The van der Waals surface area contributed by atoms with Gasteiger partial charge in [-0.05, 0) is 134 Å². The summed E-state index contributed by atoms with van der Waals surface area (Å²) in [4.78, 5) is 66.8. The monoisotopic (exact) mass is 816 g/mol. The lowest BCUT2D eigenvalue weighted by molar-refractivity contribution is -0.235. The number of aliphatic carboxylic acids is 1. The van der Waals surface area contributed by atoms with Gasteiger partial charge in [0.25, 0.3) is 0 Å². The molecule has 11 atom stereocenters. The molecule has 0 aromatic carbocycles. The van der Waals surface area contributed by atoms with Crippen molar-refractivity contribution in [2.24, 2.45) is 74.2 Å². The molecule has 0 saturated heterocycles. The molecule has 0 unspecified atom stereocenters. The van der Waals surface area contributed by atoms with E-state index < -0.39 is 40.3 Å². The maximum absolute atomic E-state index is 14.2. The van der Waals surface area contributed by atoms with E-state index in [0.717, 1.165) is 56.1 Å². The minimum atomic E-state index is -1.22. The van der Waals surface area contributed by atoms with E-state index in [-0.39, 0.29) is 87.9 Å².